The molecule has 61 heavy (non-hydrogen) atoms. The molecule has 2 fully saturated rings. The van der Waals surface area contributed by atoms with Gasteiger partial charge >= 0.3 is 0 Å². The number of ketones is 1. The first-order chi connectivity index (χ1) is 29.4. The van der Waals surface area contributed by atoms with Crippen LogP contribution in [-0.2, 0) is 6.42 Å². The Morgan fingerprint density at radius 3 is 1.67 bits per heavy atom. The van der Waals surface area contributed by atoms with E-state index >= 15 is 0 Å². The van der Waals surface area contributed by atoms with E-state index < -0.39 is 11.6 Å². The number of carbonyl (C=O) groups is 1. The Morgan fingerprint density at radius 2 is 1.18 bits per heavy atom. The van der Waals surface area contributed by atoms with E-state index in [-0.39, 0.29) is 32.6 Å². The molecule has 3 aromatic carbocycles. The number of piperidine rings is 2. The third kappa shape index (κ3) is 8.62. The average molecular weight is 902 g/mol. The Kier molecular flexibility index (Phi) is 12.5. The molecule has 0 radical (unpaired) electrons. The summed E-state index contributed by atoms with van der Waals surface area (Å²) in [4.78, 5) is 26.5. The topological polar surface area (TPSA) is 108 Å². The van der Waals surface area contributed by atoms with Crippen LogP contribution in [0.15, 0.2) is 79.1 Å². The van der Waals surface area contributed by atoms with Crippen molar-refractivity contribution in [1.29, 1.82) is 5.26 Å². The lowest BCUT2D eigenvalue weighted by Gasteiger charge is -2.33. The van der Waals surface area contributed by atoms with E-state index in [0.29, 0.717) is 62.3 Å². The Labute approximate surface area is 371 Å². The summed E-state index contributed by atoms with van der Waals surface area (Å²) in [5.41, 5.74) is 4.81. The molecule has 0 amide bonds. The van der Waals surface area contributed by atoms with Gasteiger partial charge in [0.05, 0.1) is 39.1 Å². The summed E-state index contributed by atoms with van der Waals surface area (Å²) >= 11 is 26.1. The zero-order valence-corrected chi connectivity index (χ0v) is 36.2. The third-order valence-corrected chi connectivity index (χ3v) is 12.5. The van der Waals surface area contributed by atoms with Gasteiger partial charge in [0.15, 0.2) is 17.1 Å². The minimum absolute atomic E-state index is 0.0875. The fourth-order valence-electron chi connectivity index (χ4n) is 7.93. The van der Waals surface area contributed by atoms with Gasteiger partial charge in [-0.15, -0.1) is 0 Å². The van der Waals surface area contributed by atoms with Gasteiger partial charge in [-0.25, -0.2) is 18.7 Å². The van der Waals surface area contributed by atoms with Crippen LogP contribution in [0.25, 0.3) is 33.5 Å². The summed E-state index contributed by atoms with van der Waals surface area (Å²) in [6.07, 6.45) is 7.36. The van der Waals surface area contributed by atoms with Crippen molar-refractivity contribution in [2.24, 2.45) is 11.8 Å². The van der Waals surface area contributed by atoms with Crippen LogP contribution in [0.5, 0.6) is 0 Å². The molecule has 16 heteroatoms. The summed E-state index contributed by atoms with van der Waals surface area (Å²) in [5, 5.41) is 19.2. The molecule has 0 bridgehead atoms. The molecule has 2 saturated heterocycles. The largest absolute Gasteiger partial charge is 0.356 e. The number of hydrogen-bond donors (Lipinski definition) is 0. The number of aromatic nitrogens is 6. The molecule has 7 aromatic rings. The average Bonchev–Trinajstić information content (AvgIpc) is 3.86. The molecule has 0 spiro atoms. The zero-order chi connectivity index (χ0) is 42.9. The molecular weight excluding hydrogens is 862 g/mol. The molecule has 312 valence electrons. The number of hydrogen-bond acceptors (Lipinski definition) is 8. The number of anilines is 2. The van der Waals surface area contributed by atoms with Gasteiger partial charge in [-0.05, 0) is 79.5 Å². The second-order valence-electron chi connectivity index (χ2n) is 15.6. The minimum Gasteiger partial charge on any atom is -0.356 e. The van der Waals surface area contributed by atoms with Gasteiger partial charge < -0.3 is 9.80 Å². The van der Waals surface area contributed by atoms with E-state index in [1.165, 1.54) is 30.5 Å². The van der Waals surface area contributed by atoms with Crippen molar-refractivity contribution < 1.29 is 13.6 Å². The van der Waals surface area contributed by atoms with E-state index in [2.05, 4.69) is 49.9 Å². The fourth-order valence-corrected chi connectivity index (χ4v) is 8.98. The van der Waals surface area contributed by atoms with E-state index in [9.17, 15) is 18.8 Å². The maximum atomic E-state index is 13.8. The van der Waals surface area contributed by atoms with Crippen LogP contribution in [0.1, 0.15) is 61.0 Å². The van der Waals surface area contributed by atoms with E-state index in [0.717, 1.165) is 63.2 Å². The fraction of sp³-hybridized carbons (Fsp3) is 0.289. The second kappa shape index (κ2) is 18.0. The quantitative estimate of drug-likeness (QED) is 0.115. The monoisotopic (exact) mass is 899 g/mol. The van der Waals surface area contributed by atoms with Crippen LogP contribution in [0.2, 0.25) is 20.4 Å². The smallest absolute Gasteiger partial charge is 0.176 e. The Hall–Kier alpha value is -5.32. The Balaban J connectivity index is 0.000000173. The van der Waals surface area contributed by atoms with Crippen molar-refractivity contribution in [1.82, 2.24) is 29.2 Å². The first kappa shape index (κ1) is 42.4. The van der Waals surface area contributed by atoms with Crippen molar-refractivity contribution in [3.05, 3.63) is 128 Å². The molecule has 0 atom stereocenters. The van der Waals surface area contributed by atoms with Crippen LogP contribution >= 0.6 is 46.4 Å². The predicted molar refractivity (Wildman–Crippen MR) is 237 cm³/mol. The predicted octanol–water partition coefficient (Wildman–Crippen LogP) is 11.5. The van der Waals surface area contributed by atoms with Crippen LogP contribution in [0.4, 0.5) is 20.4 Å². The van der Waals surface area contributed by atoms with Gasteiger partial charge in [-0.1, -0.05) is 90.6 Å². The number of benzene rings is 3. The lowest BCUT2D eigenvalue weighted by molar-refractivity contribution is 0.0994. The molecule has 9 rings (SSSR count). The molecule has 6 heterocycles. The van der Waals surface area contributed by atoms with Crippen LogP contribution in [0, 0.1) is 34.8 Å². The van der Waals surface area contributed by atoms with Crippen molar-refractivity contribution in [2.75, 3.05) is 36.0 Å². The van der Waals surface area contributed by atoms with Crippen molar-refractivity contribution >= 4 is 75.1 Å². The normalized spacial score (nSPS) is 14.9. The summed E-state index contributed by atoms with van der Waals surface area (Å²) in [6.45, 7) is 7.71. The van der Waals surface area contributed by atoms with Gasteiger partial charge in [0, 0.05) is 43.7 Å². The third-order valence-electron chi connectivity index (χ3n) is 11.4. The Bertz CT molecular complexity index is 2810. The number of carbonyl (C=O) groups excluding carboxylic acids is 1. The molecule has 2 aliphatic rings. The van der Waals surface area contributed by atoms with Gasteiger partial charge in [0.25, 0.3) is 0 Å². The SMILES string of the molecule is CC1CCN(c2c(-c3ccc(F)cc3Cl)c(Cl)nc3c(C#N)cnn23)CC1.CC1CCN(c2c(-c3ccc(F)cc3Cl)c(Cl)nc3c(C(=O)Cc4ccccc4)cnn23)CC1. The summed E-state index contributed by atoms with van der Waals surface area (Å²) in [7, 11) is 0. The van der Waals surface area contributed by atoms with Gasteiger partial charge in [0.2, 0.25) is 0 Å². The highest BCUT2D eigenvalue weighted by Gasteiger charge is 2.30. The number of halogens is 6. The van der Waals surface area contributed by atoms with Gasteiger partial charge in [-0.2, -0.15) is 24.5 Å². The zero-order valence-electron chi connectivity index (χ0n) is 33.2. The Morgan fingerprint density at radius 1 is 0.705 bits per heavy atom. The number of Topliss-reactive ketones (excluding diaryl/α,β-unsaturated/α-hetero) is 1. The number of fused-ring (bicyclic) bond motifs is 2. The van der Waals surface area contributed by atoms with Crippen molar-refractivity contribution in [3.8, 4) is 28.3 Å². The molecule has 2 aliphatic heterocycles. The van der Waals surface area contributed by atoms with Crippen molar-refractivity contribution in [3.63, 3.8) is 0 Å². The summed E-state index contributed by atoms with van der Waals surface area (Å²) in [5.74, 6) is 1.76. The standard InChI is InChI=1S/C26H23Cl2FN4O.C19H16Cl2FN5/c1-16-9-11-32(12-10-16)26-23(19-8-7-18(29)14-21(19)27)24(28)31-25-20(15-30-33(25)26)22(34)13-17-5-3-2-4-6-17;1-11-4-6-26(7-5-11)19-16(14-3-2-13(22)8-15(14)20)17(21)25-18-12(9-23)10-24-27(18)19/h2-8,14-16H,9-13H2,1H3;2-3,8,10-11H,4-7H2,1H3. The van der Waals surface area contributed by atoms with Gasteiger partial charge in [-0.3, -0.25) is 4.79 Å². The molecule has 0 aliphatic carbocycles. The van der Waals surface area contributed by atoms with Crippen LogP contribution < -0.4 is 9.80 Å². The minimum atomic E-state index is -0.430. The number of nitriles is 1. The lowest BCUT2D eigenvalue weighted by Crippen LogP contribution is -2.35. The van der Waals surface area contributed by atoms with E-state index in [1.54, 1.807) is 27.4 Å². The van der Waals surface area contributed by atoms with Crippen LogP contribution in [0.3, 0.4) is 0 Å². The van der Waals surface area contributed by atoms with Crippen LogP contribution in [-0.4, -0.2) is 61.2 Å². The van der Waals surface area contributed by atoms with E-state index in [4.69, 9.17) is 46.4 Å². The molecule has 0 N–H and O–H groups in total. The molecule has 0 unspecified atom stereocenters. The first-order valence-electron chi connectivity index (χ1n) is 19.9. The summed E-state index contributed by atoms with van der Waals surface area (Å²) < 4.78 is 30.7. The van der Waals surface area contributed by atoms with Crippen molar-refractivity contribution in [2.45, 2.75) is 46.0 Å². The van der Waals surface area contributed by atoms with E-state index in [1.807, 2.05) is 30.3 Å². The maximum Gasteiger partial charge on any atom is 0.176 e. The lowest BCUT2D eigenvalue weighted by atomic mass is 9.98. The molecule has 10 nitrogen and oxygen atoms in total. The maximum absolute atomic E-state index is 13.8. The van der Waals surface area contributed by atoms with Gasteiger partial charge in [0.1, 0.15) is 45.2 Å². The summed E-state index contributed by atoms with van der Waals surface area (Å²) in [6, 6.07) is 20.1. The molecule has 4 aromatic heterocycles. The first-order valence-corrected chi connectivity index (χ1v) is 21.4. The highest BCUT2D eigenvalue weighted by molar-refractivity contribution is 6.37. The second-order valence-corrected chi connectivity index (χ2v) is 17.1. The highest BCUT2D eigenvalue weighted by Crippen LogP contribution is 2.43. The number of rotatable bonds is 7. The molecule has 0 saturated carbocycles. The highest BCUT2D eigenvalue weighted by atomic mass is 35.5. The number of nitrogens with zero attached hydrogens (tertiary/aromatic N) is 9. The molecular formula is C45H39Cl4F2N9O.